The van der Waals surface area contributed by atoms with E-state index in [2.05, 4.69) is 15.5 Å². The van der Waals surface area contributed by atoms with Gasteiger partial charge in [-0.25, -0.2) is 4.98 Å². The highest BCUT2D eigenvalue weighted by Crippen LogP contribution is 2.37. The molecule has 5 N–H and O–H groups in total. The first-order valence-corrected chi connectivity index (χ1v) is 9.63. The maximum Gasteiger partial charge on any atom is 0.253 e. The molecule has 3 heterocycles. The molecule has 0 aliphatic rings. The van der Waals surface area contributed by atoms with Crippen LogP contribution in [0, 0.1) is 27.7 Å². The number of aryl methyl sites for hydroxylation is 3. The number of hydrogen-bond acceptors (Lipinski definition) is 5. The number of aromatic hydroxyl groups is 1. The highest BCUT2D eigenvalue weighted by atomic mass is 16.3. The molecule has 0 saturated carbocycles. The molecule has 4 rings (SSSR count). The van der Waals surface area contributed by atoms with Gasteiger partial charge in [0, 0.05) is 22.8 Å². The number of carbonyl (C=O) groups excluding carboxylic acids is 1. The molecule has 30 heavy (non-hydrogen) atoms. The summed E-state index contributed by atoms with van der Waals surface area (Å²) in [5.41, 5.74) is 11.8. The summed E-state index contributed by atoms with van der Waals surface area (Å²) in [4.78, 5) is 17.3. The summed E-state index contributed by atoms with van der Waals surface area (Å²) in [5.74, 6) is 0.147. The number of hydrogen-bond donors (Lipinski definition) is 4. The van der Waals surface area contributed by atoms with Gasteiger partial charge in [-0.1, -0.05) is 6.07 Å². The van der Waals surface area contributed by atoms with E-state index in [-0.39, 0.29) is 5.75 Å². The van der Waals surface area contributed by atoms with Crippen molar-refractivity contribution in [2.75, 3.05) is 5.32 Å². The standard InChI is InChI=1S/C22H24N6O2/c1-11-5-6-17(29)13(3)19(11)28-21-16(9-12(2)14(4)26-21)18(20(23)30)22(28)24-10-15-7-8-25-27-15/h5-9,24,29H,10H2,1-4H3,(H2,23,30)(H,25,27). The molecule has 0 aliphatic heterocycles. The average Bonchev–Trinajstić information content (AvgIpc) is 3.31. The van der Waals surface area contributed by atoms with Crippen LogP contribution in [0.3, 0.4) is 0 Å². The Hall–Kier alpha value is -3.81. The van der Waals surface area contributed by atoms with Gasteiger partial charge in [0.25, 0.3) is 5.91 Å². The quantitative estimate of drug-likeness (QED) is 0.406. The number of amides is 1. The molecule has 1 amide bonds. The van der Waals surface area contributed by atoms with Gasteiger partial charge in [0.1, 0.15) is 17.2 Å². The van der Waals surface area contributed by atoms with E-state index < -0.39 is 5.91 Å². The van der Waals surface area contributed by atoms with Crippen LogP contribution < -0.4 is 11.1 Å². The number of phenols is 1. The lowest BCUT2D eigenvalue weighted by Crippen LogP contribution is -2.16. The molecular formula is C22H24N6O2. The van der Waals surface area contributed by atoms with Crippen LogP contribution in [0.4, 0.5) is 5.82 Å². The molecule has 4 aromatic rings. The van der Waals surface area contributed by atoms with E-state index in [1.807, 2.05) is 50.5 Å². The van der Waals surface area contributed by atoms with Crippen LogP contribution in [0.2, 0.25) is 0 Å². The molecule has 8 nitrogen and oxygen atoms in total. The monoisotopic (exact) mass is 404 g/mol. The normalized spacial score (nSPS) is 11.2. The summed E-state index contributed by atoms with van der Waals surface area (Å²) in [6.07, 6.45) is 1.67. The number of H-pyrrole nitrogens is 1. The Bertz CT molecular complexity index is 1270. The van der Waals surface area contributed by atoms with E-state index in [0.29, 0.717) is 34.5 Å². The van der Waals surface area contributed by atoms with Crippen molar-refractivity contribution in [3.63, 3.8) is 0 Å². The van der Waals surface area contributed by atoms with Crippen molar-refractivity contribution in [2.45, 2.75) is 34.2 Å². The number of aromatic nitrogens is 4. The van der Waals surface area contributed by atoms with Crippen LogP contribution in [0.15, 0.2) is 30.5 Å². The lowest BCUT2D eigenvalue weighted by atomic mass is 10.1. The molecule has 8 heteroatoms. The second kappa shape index (κ2) is 7.22. The second-order valence-electron chi connectivity index (χ2n) is 7.50. The molecule has 0 atom stereocenters. The minimum absolute atomic E-state index is 0.168. The maximum atomic E-state index is 12.5. The summed E-state index contributed by atoms with van der Waals surface area (Å²) in [6, 6.07) is 7.28. The van der Waals surface area contributed by atoms with Crippen molar-refractivity contribution >= 4 is 22.8 Å². The minimum Gasteiger partial charge on any atom is -0.508 e. The number of primary amides is 1. The summed E-state index contributed by atoms with van der Waals surface area (Å²) < 4.78 is 1.88. The number of aromatic amines is 1. The first-order chi connectivity index (χ1) is 14.3. The fourth-order valence-electron chi connectivity index (χ4n) is 3.76. The smallest absolute Gasteiger partial charge is 0.253 e. The Morgan fingerprint density at radius 2 is 1.97 bits per heavy atom. The number of nitrogens with one attached hydrogen (secondary N) is 2. The van der Waals surface area contributed by atoms with E-state index in [4.69, 9.17) is 10.7 Å². The number of benzene rings is 1. The van der Waals surface area contributed by atoms with Crippen molar-refractivity contribution in [3.05, 3.63) is 64.1 Å². The first-order valence-electron chi connectivity index (χ1n) is 9.63. The molecule has 0 unspecified atom stereocenters. The van der Waals surface area contributed by atoms with Crippen LogP contribution in [-0.2, 0) is 6.54 Å². The Kier molecular flexibility index (Phi) is 4.69. The van der Waals surface area contributed by atoms with Crippen molar-refractivity contribution in [3.8, 4) is 11.4 Å². The van der Waals surface area contributed by atoms with Gasteiger partial charge in [0.05, 0.1) is 23.5 Å². The molecule has 154 valence electrons. The molecule has 0 saturated heterocycles. The van der Waals surface area contributed by atoms with Gasteiger partial charge in [0.15, 0.2) is 0 Å². The van der Waals surface area contributed by atoms with Crippen molar-refractivity contribution in [1.82, 2.24) is 19.7 Å². The van der Waals surface area contributed by atoms with Gasteiger partial charge in [-0.05, 0) is 57.0 Å². The van der Waals surface area contributed by atoms with Crippen molar-refractivity contribution in [2.24, 2.45) is 5.73 Å². The Morgan fingerprint density at radius 1 is 1.20 bits per heavy atom. The van der Waals surface area contributed by atoms with Gasteiger partial charge in [0.2, 0.25) is 0 Å². The molecule has 0 bridgehead atoms. The van der Waals surface area contributed by atoms with Gasteiger partial charge in [-0.2, -0.15) is 5.10 Å². The summed E-state index contributed by atoms with van der Waals surface area (Å²) in [7, 11) is 0. The van der Waals surface area contributed by atoms with E-state index in [1.165, 1.54) is 0 Å². The fourth-order valence-corrected chi connectivity index (χ4v) is 3.76. The number of carbonyl (C=O) groups is 1. The third-order valence-corrected chi connectivity index (χ3v) is 5.47. The summed E-state index contributed by atoms with van der Waals surface area (Å²) in [6.45, 7) is 8.08. The van der Waals surface area contributed by atoms with E-state index >= 15 is 0 Å². The largest absolute Gasteiger partial charge is 0.508 e. The summed E-state index contributed by atoms with van der Waals surface area (Å²) >= 11 is 0. The lowest BCUT2D eigenvalue weighted by molar-refractivity contribution is 0.100. The Labute approximate surface area is 173 Å². The van der Waals surface area contributed by atoms with E-state index in [1.54, 1.807) is 12.3 Å². The SMILES string of the molecule is Cc1cc2c(C(N)=O)c(NCc3ccn[nH]3)n(-c3c(C)ccc(O)c3C)c2nc1C. The number of nitrogens with two attached hydrogens (primary N) is 1. The third-order valence-electron chi connectivity index (χ3n) is 5.47. The van der Waals surface area contributed by atoms with E-state index in [9.17, 15) is 9.90 Å². The molecule has 1 aromatic carbocycles. The zero-order valence-electron chi connectivity index (χ0n) is 17.4. The predicted molar refractivity (Wildman–Crippen MR) is 116 cm³/mol. The molecule has 0 radical (unpaired) electrons. The van der Waals surface area contributed by atoms with Crippen LogP contribution in [0.5, 0.6) is 5.75 Å². The first kappa shape index (κ1) is 19.5. The average molecular weight is 404 g/mol. The van der Waals surface area contributed by atoms with Crippen LogP contribution in [0.1, 0.15) is 38.4 Å². The minimum atomic E-state index is -0.550. The summed E-state index contributed by atoms with van der Waals surface area (Å²) in [5, 5.41) is 21.3. The van der Waals surface area contributed by atoms with E-state index in [0.717, 1.165) is 28.2 Å². The number of phenolic OH excluding ortho intramolecular Hbond substituents is 1. The highest BCUT2D eigenvalue weighted by Gasteiger charge is 2.26. The number of rotatable bonds is 5. The molecular weight excluding hydrogens is 380 g/mol. The van der Waals surface area contributed by atoms with Gasteiger partial charge < -0.3 is 16.2 Å². The maximum absolute atomic E-state index is 12.5. The third kappa shape index (κ3) is 3.06. The number of fused-ring (bicyclic) bond motifs is 1. The van der Waals surface area contributed by atoms with Crippen molar-refractivity contribution in [1.29, 1.82) is 0 Å². The van der Waals surface area contributed by atoms with Crippen LogP contribution in [0.25, 0.3) is 16.7 Å². The topological polar surface area (TPSA) is 122 Å². The molecule has 0 aliphatic carbocycles. The van der Waals surface area contributed by atoms with Gasteiger partial charge >= 0.3 is 0 Å². The molecule has 0 fully saturated rings. The lowest BCUT2D eigenvalue weighted by Gasteiger charge is -2.18. The number of anilines is 1. The zero-order chi connectivity index (χ0) is 21.6. The molecule has 0 spiro atoms. The predicted octanol–water partition coefficient (Wildman–Crippen LogP) is 3.40. The van der Waals surface area contributed by atoms with Gasteiger partial charge in [-0.3, -0.25) is 14.5 Å². The highest BCUT2D eigenvalue weighted by molar-refractivity contribution is 6.11. The molecule has 3 aromatic heterocycles. The van der Waals surface area contributed by atoms with Crippen LogP contribution in [-0.4, -0.2) is 30.8 Å². The second-order valence-corrected chi connectivity index (χ2v) is 7.50. The van der Waals surface area contributed by atoms with Crippen molar-refractivity contribution < 1.29 is 9.90 Å². The fraction of sp³-hybridized carbons (Fsp3) is 0.227. The number of nitrogens with zero attached hydrogens (tertiary/aromatic N) is 3. The number of pyridine rings is 1. The Balaban J connectivity index is 2.09. The Morgan fingerprint density at radius 3 is 2.63 bits per heavy atom. The van der Waals surface area contributed by atoms with Gasteiger partial charge in [-0.15, -0.1) is 0 Å². The van der Waals surface area contributed by atoms with Crippen LogP contribution >= 0.6 is 0 Å². The zero-order valence-corrected chi connectivity index (χ0v) is 17.4.